The molecule has 0 spiro atoms. The molecule has 2 aliphatic carbocycles. The summed E-state index contributed by atoms with van der Waals surface area (Å²) < 4.78 is 40.6. The first-order valence-corrected chi connectivity index (χ1v) is 10.4. The molecule has 0 saturated heterocycles. The van der Waals surface area contributed by atoms with E-state index in [9.17, 15) is 13.2 Å². The molecule has 4 rings (SSSR count). The van der Waals surface area contributed by atoms with Gasteiger partial charge in [-0.1, -0.05) is 24.3 Å². The van der Waals surface area contributed by atoms with E-state index in [0.29, 0.717) is 5.56 Å². The molecule has 2 aromatic carbocycles. The van der Waals surface area contributed by atoms with Gasteiger partial charge in [0.15, 0.2) is 17.5 Å². The van der Waals surface area contributed by atoms with Gasteiger partial charge in [0.25, 0.3) is 0 Å². The highest BCUT2D eigenvalue weighted by molar-refractivity contribution is 5.45. The van der Waals surface area contributed by atoms with Gasteiger partial charge >= 0.3 is 0 Å². The fraction of sp³-hybridized carbons (Fsp3) is 0.440. The molecular formula is C25H27F3. The van der Waals surface area contributed by atoms with Gasteiger partial charge in [-0.25, -0.2) is 13.2 Å². The Morgan fingerprint density at radius 1 is 0.929 bits per heavy atom. The minimum absolute atomic E-state index is 0.0484. The first-order chi connectivity index (χ1) is 13.6. The van der Waals surface area contributed by atoms with Crippen LogP contribution in [0.2, 0.25) is 0 Å². The maximum Gasteiger partial charge on any atom is 0.194 e. The Morgan fingerprint density at radius 2 is 1.57 bits per heavy atom. The normalized spacial score (nSPS) is 21.6. The third kappa shape index (κ3) is 3.76. The van der Waals surface area contributed by atoms with Crippen LogP contribution < -0.4 is 0 Å². The van der Waals surface area contributed by atoms with Crippen LogP contribution in [-0.2, 0) is 25.7 Å². The lowest BCUT2D eigenvalue weighted by Gasteiger charge is -2.32. The van der Waals surface area contributed by atoms with Crippen molar-refractivity contribution in [3.05, 3.63) is 81.7 Å². The monoisotopic (exact) mass is 384 g/mol. The molecule has 2 atom stereocenters. The zero-order chi connectivity index (χ0) is 19.7. The molecule has 0 nitrogen and oxygen atoms in total. The van der Waals surface area contributed by atoms with E-state index in [2.05, 4.69) is 31.2 Å². The molecule has 0 aliphatic heterocycles. The average Bonchev–Trinajstić information content (AvgIpc) is 2.71. The summed E-state index contributed by atoms with van der Waals surface area (Å²) in [7, 11) is 0. The van der Waals surface area contributed by atoms with Crippen LogP contribution in [0, 0.1) is 23.4 Å². The summed E-state index contributed by atoms with van der Waals surface area (Å²) in [5.41, 5.74) is 6.35. The quantitative estimate of drug-likeness (QED) is 0.400. The highest BCUT2D eigenvalue weighted by Crippen LogP contribution is 2.39. The number of fused-ring (bicyclic) bond motifs is 3. The van der Waals surface area contributed by atoms with E-state index in [0.717, 1.165) is 44.4 Å². The standard InChI is InChI=1S/C25H27F3/c1-2-3-4-5-16-6-10-21-18(12-16)7-8-19-13-17(9-11-22(19)21)20-14-23(26)25(28)24(27)15-20/h2-3,7-8,14-17H,4-6,9-13H2,1H3/b3-2+. The maximum absolute atomic E-state index is 13.6. The van der Waals surface area contributed by atoms with Crippen molar-refractivity contribution in [1.29, 1.82) is 0 Å². The van der Waals surface area contributed by atoms with E-state index in [1.807, 2.05) is 0 Å². The van der Waals surface area contributed by atoms with Gasteiger partial charge in [0, 0.05) is 0 Å². The highest BCUT2D eigenvalue weighted by atomic mass is 19.2. The van der Waals surface area contributed by atoms with Gasteiger partial charge in [-0.2, -0.15) is 0 Å². The molecule has 0 bridgehead atoms. The molecule has 0 heterocycles. The lowest BCUT2D eigenvalue weighted by Crippen LogP contribution is -2.20. The van der Waals surface area contributed by atoms with E-state index in [1.54, 1.807) is 0 Å². The second-order valence-electron chi connectivity index (χ2n) is 8.33. The summed E-state index contributed by atoms with van der Waals surface area (Å²) in [6, 6.07) is 6.82. The average molecular weight is 384 g/mol. The topological polar surface area (TPSA) is 0 Å². The fourth-order valence-corrected chi connectivity index (χ4v) is 5.08. The summed E-state index contributed by atoms with van der Waals surface area (Å²) in [5, 5.41) is 0. The van der Waals surface area contributed by atoms with Crippen molar-refractivity contribution in [2.75, 3.05) is 0 Å². The zero-order valence-corrected chi connectivity index (χ0v) is 16.4. The molecule has 0 saturated carbocycles. The Hall–Kier alpha value is -2.03. The molecule has 3 heteroatoms. The Balaban J connectivity index is 1.52. The van der Waals surface area contributed by atoms with Crippen molar-refractivity contribution in [2.45, 2.75) is 64.2 Å². The number of rotatable bonds is 4. The van der Waals surface area contributed by atoms with Crippen molar-refractivity contribution >= 4 is 0 Å². The highest BCUT2D eigenvalue weighted by Gasteiger charge is 2.27. The Kier molecular flexibility index (Phi) is 5.61. The molecular weight excluding hydrogens is 357 g/mol. The maximum atomic E-state index is 13.6. The number of hydrogen-bond donors (Lipinski definition) is 0. The molecule has 0 aromatic heterocycles. The van der Waals surface area contributed by atoms with Gasteiger partial charge in [0.05, 0.1) is 0 Å². The van der Waals surface area contributed by atoms with Crippen molar-refractivity contribution in [1.82, 2.24) is 0 Å². The lowest BCUT2D eigenvalue weighted by molar-refractivity contribution is 0.426. The van der Waals surface area contributed by atoms with Crippen LogP contribution in [-0.4, -0.2) is 0 Å². The van der Waals surface area contributed by atoms with E-state index in [-0.39, 0.29) is 5.92 Å². The summed E-state index contributed by atoms with van der Waals surface area (Å²) in [6.07, 6.45) is 12.9. The summed E-state index contributed by atoms with van der Waals surface area (Å²) in [4.78, 5) is 0. The van der Waals surface area contributed by atoms with Gasteiger partial charge in [-0.15, -0.1) is 0 Å². The van der Waals surface area contributed by atoms with E-state index in [4.69, 9.17) is 0 Å². The first-order valence-electron chi connectivity index (χ1n) is 10.4. The smallest absolute Gasteiger partial charge is 0.194 e. The van der Waals surface area contributed by atoms with E-state index in [1.165, 1.54) is 47.2 Å². The van der Waals surface area contributed by atoms with Crippen LogP contribution in [0.1, 0.15) is 66.3 Å². The number of hydrogen-bond acceptors (Lipinski definition) is 0. The predicted octanol–water partition coefficient (Wildman–Crippen LogP) is 6.84. The molecule has 0 amide bonds. The minimum Gasteiger partial charge on any atom is -0.204 e. The fourth-order valence-electron chi connectivity index (χ4n) is 5.08. The summed E-state index contributed by atoms with van der Waals surface area (Å²) in [6.45, 7) is 2.07. The van der Waals surface area contributed by atoms with Crippen molar-refractivity contribution in [3.8, 4) is 0 Å². The number of allylic oxidation sites excluding steroid dienone is 2. The number of benzene rings is 2. The molecule has 0 fully saturated rings. The summed E-state index contributed by atoms with van der Waals surface area (Å²) in [5.74, 6) is -2.74. The lowest BCUT2D eigenvalue weighted by atomic mass is 9.73. The second kappa shape index (κ2) is 8.14. The molecule has 2 aromatic rings. The van der Waals surface area contributed by atoms with Crippen LogP contribution in [0.5, 0.6) is 0 Å². The van der Waals surface area contributed by atoms with E-state index < -0.39 is 17.5 Å². The predicted molar refractivity (Wildman–Crippen MR) is 107 cm³/mol. The largest absolute Gasteiger partial charge is 0.204 e. The van der Waals surface area contributed by atoms with Crippen LogP contribution in [0.3, 0.4) is 0 Å². The van der Waals surface area contributed by atoms with Gasteiger partial charge in [0.2, 0.25) is 0 Å². The molecule has 2 unspecified atom stereocenters. The van der Waals surface area contributed by atoms with Crippen molar-refractivity contribution in [2.24, 2.45) is 5.92 Å². The van der Waals surface area contributed by atoms with Gasteiger partial charge in [0.1, 0.15) is 0 Å². The Labute approximate surface area is 165 Å². The van der Waals surface area contributed by atoms with Crippen LogP contribution in [0.4, 0.5) is 13.2 Å². The molecule has 148 valence electrons. The van der Waals surface area contributed by atoms with Gasteiger partial charge in [-0.3, -0.25) is 0 Å². The third-order valence-corrected chi connectivity index (χ3v) is 6.60. The van der Waals surface area contributed by atoms with Crippen LogP contribution >= 0.6 is 0 Å². The molecule has 0 radical (unpaired) electrons. The third-order valence-electron chi connectivity index (χ3n) is 6.60. The Bertz CT molecular complexity index is 874. The SMILES string of the molecule is C/C=C/CCC1CCc2c(ccc3c2CCC(c2cc(F)c(F)c(F)c2)C3)C1. The van der Waals surface area contributed by atoms with Crippen molar-refractivity contribution in [3.63, 3.8) is 0 Å². The first kappa shape index (κ1) is 19.3. The van der Waals surface area contributed by atoms with Crippen molar-refractivity contribution < 1.29 is 13.2 Å². The molecule has 28 heavy (non-hydrogen) atoms. The van der Waals surface area contributed by atoms with E-state index >= 15 is 0 Å². The molecule has 0 N–H and O–H groups in total. The van der Waals surface area contributed by atoms with Crippen LogP contribution in [0.15, 0.2) is 36.4 Å². The minimum atomic E-state index is -1.38. The number of halogens is 3. The zero-order valence-electron chi connectivity index (χ0n) is 16.4. The molecule has 2 aliphatic rings. The van der Waals surface area contributed by atoms with Gasteiger partial charge in [-0.05, 0) is 110 Å². The van der Waals surface area contributed by atoms with Crippen LogP contribution in [0.25, 0.3) is 0 Å². The Morgan fingerprint density at radius 3 is 2.25 bits per heavy atom. The van der Waals surface area contributed by atoms with Gasteiger partial charge < -0.3 is 0 Å². The second-order valence-corrected chi connectivity index (χ2v) is 8.33. The summed E-state index contributed by atoms with van der Waals surface area (Å²) >= 11 is 0.